The van der Waals surface area contributed by atoms with Crippen molar-refractivity contribution in [2.45, 2.75) is 24.0 Å². The number of carbonyl (C=O) groups is 1. The van der Waals surface area contributed by atoms with Crippen LogP contribution in [0.5, 0.6) is 0 Å². The third-order valence-corrected chi connectivity index (χ3v) is 8.27. The number of thiophene rings is 2. The number of nitrogen functional groups attached to an aromatic ring is 1. The first-order valence-corrected chi connectivity index (χ1v) is 14.0. The van der Waals surface area contributed by atoms with Gasteiger partial charge in [-0.2, -0.15) is 0 Å². The van der Waals surface area contributed by atoms with Gasteiger partial charge in [0, 0.05) is 25.2 Å². The highest BCUT2D eigenvalue weighted by Crippen LogP contribution is 2.40. The summed E-state index contributed by atoms with van der Waals surface area (Å²) in [5, 5.41) is 2.59. The summed E-state index contributed by atoms with van der Waals surface area (Å²) in [5.41, 5.74) is 24.6. The van der Waals surface area contributed by atoms with Gasteiger partial charge in [-0.1, -0.05) is 42.3 Å². The van der Waals surface area contributed by atoms with Crippen molar-refractivity contribution in [3.8, 4) is 10.6 Å². The van der Waals surface area contributed by atoms with Crippen LogP contribution in [0.2, 0.25) is 0 Å². The van der Waals surface area contributed by atoms with E-state index in [1.165, 1.54) is 16.2 Å². The summed E-state index contributed by atoms with van der Waals surface area (Å²) in [6.45, 7) is 15.0. The Kier molecular flexibility index (Phi) is 14.1. The van der Waals surface area contributed by atoms with Crippen molar-refractivity contribution in [1.82, 2.24) is 9.88 Å². The second kappa shape index (κ2) is 16.8. The van der Waals surface area contributed by atoms with Crippen LogP contribution in [-0.4, -0.2) is 39.8 Å². The molecule has 0 fully saturated rings. The lowest BCUT2D eigenvalue weighted by Crippen LogP contribution is -2.22. The lowest BCUT2D eigenvalue weighted by atomic mass is 10.1. The molecule has 0 bridgehead atoms. The average molecular weight is 548 g/mol. The average Bonchev–Trinajstić information content (AvgIpc) is 3.55. The van der Waals surface area contributed by atoms with Gasteiger partial charge in [0.05, 0.1) is 32.6 Å². The van der Waals surface area contributed by atoms with Crippen LogP contribution in [0.1, 0.15) is 30.1 Å². The molecule has 0 radical (unpaired) electrons. The third kappa shape index (κ3) is 9.28. The van der Waals surface area contributed by atoms with Gasteiger partial charge in [0.15, 0.2) is 0 Å². The Labute approximate surface area is 229 Å². The highest BCUT2D eigenvalue weighted by atomic mass is 32.2. The third-order valence-electron chi connectivity index (χ3n) is 4.38. The zero-order chi connectivity index (χ0) is 27.8. The van der Waals surface area contributed by atoms with E-state index in [0.29, 0.717) is 31.4 Å². The first kappa shape index (κ1) is 31.2. The van der Waals surface area contributed by atoms with Gasteiger partial charge in [-0.3, -0.25) is 9.00 Å². The van der Waals surface area contributed by atoms with E-state index >= 15 is 0 Å². The Morgan fingerprint density at radius 3 is 2.19 bits per heavy atom. The Morgan fingerprint density at radius 1 is 1.11 bits per heavy atom. The van der Waals surface area contributed by atoms with Crippen LogP contribution in [0.25, 0.3) is 20.8 Å². The van der Waals surface area contributed by atoms with E-state index in [9.17, 15) is 9.00 Å². The Bertz CT molecular complexity index is 1470. The first-order chi connectivity index (χ1) is 17.8. The number of carbonyl (C=O) groups excluding carboxylic acids is 1. The molecule has 5 nitrogen and oxygen atoms in total. The molecule has 3 heterocycles. The van der Waals surface area contributed by atoms with Gasteiger partial charge < -0.3 is 10.6 Å². The van der Waals surface area contributed by atoms with Crippen molar-refractivity contribution in [1.29, 1.82) is 0 Å². The predicted molar refractivity (Wildman–Crippen MR) is 159 cm³/mol. The molecular formula is C29H29N3O2S3. The van der Waals surface area contributed by atoms with Crippen molar-refractivity contribution in [2.24, 2.45) is 0 Å². The lowest BCUT2D eigenvalue weighted by Gasteiger charge is -2.12. The molecule has 0 spiro atoms. The number of unbranched alkanes of at least 4 members (excludes halogenated alkanes) is 1. The number of amides is 1. The Balaban J connectivity index is 0.000000524. The maximum absolute atomic E-state index is 12.8. The van der Waals surface area contributed by atoms with Crippen LogP contribution >= 0.6 is 22.7 Å². The molecule has 3 aromatic rings. The number of nitrogens with two attached hydrogens (primary N) is 1. The number of nitrogens with zero attached hydrogens (tertiary/aromatic N) is 2. The fraction of sp³-hybridized carbons (Fsp3) is 0.207. The molecule has 8 heteroatoms. The van der Waals surface area contributed by atoms with Gasteiger partial charge in [0.1, 0.15) is 9.04 Å². The Hall–Kier alpha value is -3.83. The predicted octanol–water partition coefficient (Wildman–Crippen LogP) is 6.91. The number of anilines is 1. The second-order valence-electron chi connectivity index (χ2n) is 7.20. The molecule has 3 rings (SSSR count). The van der Waals surface area contributed by atoms with E-state index in [1.54, 1.807) is 31.5 Å². The SMILES string of the molecule is C=C=C=C=C.C=C=C=C=C=C.CCCCS(=O)c1sc2nc(-c3cccs3)cc(C(=O)N(C)C)c2c1N. The molecule has 0 aromatic carbocycles. The highest BCUT2D eigenvalue weighted by Gasteiger charge is 2.23. The fourth-order valence-corrected chi connectivity index (χ4v) is 6.23. The molecule has 0 saturated heterocycles. The summed E-state index contributed by atoms with van der Waals surface area (Å²) in [7, 11) is 2.25. The van der Waals surface area contributed by atoms with Gasteiger partial charge in [0.2, 0.25) is 0 Å². The molecule has 1 unspecified atom stereocenters. The maximum Gasteiger partial charge on any atom is 0.254 e. The van der Waals surface area contributed by atoms with Crippen LogP contribution in [0.15, 0.2) is 94.2 Å². The topological polar surface area (TPSA) is 76.3 Å². The van der Waals surface area contributed by atoms with Crippen LogP contribution in [0.3, 0.4) is 0 Å². The summed E-state index contributed by atoms with van der Waals surface area (Å²) in [4.78, 5) is 20.6. The number of hydrogen-bond donors (Lipinski definition) is 1. The van der Waals surface area contributed by atoms with E-state index in [4.69, 9.17) is 10.7 Å². The van der Waals surface area contributed by atoms with Gasteiger partial charge in [0.25, 0.3) is 5.91 Å². The second-order valence-corrected chi connectivity index (χ2v) is 10.9. The molecule has 3 aromatic heterocycles. The van der Waals surface area contributed by atoms with Crippen molar-refractivity contribution in [3.05, 3.63) is 95.6 Å². The van der Waals surface area contributed by atoms with Crippen LogP contribution in [0.4, 0.5) is 5.69 Å². The summed E-state index contributed by atoms with van der Waals surface area (Å²) in [6, 6.07) is 5.71. The summed E-state index contributed by atoms with van der Waals surface area (Å²) < 4.78 is 13.3. The zero-order valence-electron chi connectivity index (χ0n) is 21.3. The van der Waals surface area contributed by atoms with Crippen LogP contribution in [0, 0.1) is 0 Å². The van der Waals surface area contributed by atoms with Gasteiger partial charge in [-0.25, -0.2) is 4.98 Å². The molecule has 190 valence electrons. The van der Waals surface area contributed by atoms with Gasteiger partial charge in [-0.15, -0.1) is 22.7 Å². The van der Waals surface area contributed by atoms with Crippen LogP contribution in [-0.2, 0) is 10.8 Å². The standard InChI is InChI=1S/C18H21N3O2S3.C6H4.C5H4/c1-4-5-9-26(23)18-15(19)14-11(17(22)21(2)3)10-12(20-16(14)25-18)13-7-6-8-24-13;1-3-5-6-4-2;1-3-5-4-2/h6-8,10H,4-5,9,19H2,1-3H3;1-2H2;1-2H2. The minimum Gasteiger partial charge on any atom is -0.396 e. The molecule has 2 N–H and O–H groups in total. The first-order valence-electron chi connectivity index (χ1n) is 11.0. The smallest absolute Gasteiger partial charge is 0.254 e. The minimum atomic E-state index is -1.17. The summed E-state index contributed by atoms with van der Waals surface area (Å²) in [6.07, 6.45) is 1.85. The summed E-state index contributed by atoms with van der Waals surface area (Å²) >= 11 is 2.90. The number of fused-ring (bicyclic) bond motifs is 1. The zero-order valence-corrected chi connectivity index (χ0v) is 23.7. The molecule has 0 aliphatic heterocycles. The van der Waals surface area contributed by atoms with Crippen LogP contribution < -0.4 is 5.73 Å². The molecule has 1 amide bonds. The Morgan fingerprint density at radius 2 is 1.73 bits per heavy atom. The normalized spacial score (nSPS) is 9.70. The van der Waals surface area contributed by atoms with Crippen molar-refractivity contribution < 1.29 is 9.00 Å². The van der Waals surface area contributed by atoms with E-state index in [0.717, 1.165) is 23.4 Å². The van der Waals surface area contributed by atoms with E-state index in [1.807, 2.05) is 17.5 Å². The molecular weight excluding hydrogens is 519 g/mol. The van der Waals surface area contributed by atoms with Gasteiger partial charge in [-0.05, 0) is 67.4 Å². The monoisotopic (exact) mass is 547 g/mol. The molecule has 1 atom stereocenters. The lowest BCUT2D eigenvalue weighted by molar-refractivity contribution is 0.0829. The maximum atomic E-state index is 12.8. The molecule has 0 aliphatic rings. The van der Waals surface area contributed by atoms with E-state index in [2.05, 4.69) is 73.4 Å². The number of rotatable bonds is 6. The van der Waals surface area contributed by atoms with E-state index < -0.39 is 10.8 Å². The largest absolute Gasteiger partial charge is 0.396 e. The molecule has 0 aliphatic carbocycles. The van der Waals surface area contributed by atoms with Crippen molar-refractivity contribution in [2.75, 3.05) is 25.6 Å². The fourth-order valence-electron chi connectivity index (χ4n) is 2.75. The minimum absolute atomic E-state index is 0.134. The van der Waals surface area contributed by atoms with Gasteiger partial charge >= 0.3 is 0 Å². The van der Waals surface area contributed by atoms with Crippen molar-refractivity contribution in [3.63, 3.8) is 0 Å². The number of pyridine rings is 1. The van der Waals surface area contributed by atoms with Crippen molar-refractivity contribution >= 4 is 55.3 Å². The number of hydrogen-bond acceptors (Lipinski definition) is 6. The molecule has 37 heavy (non-hydrogen) atoms. The summed E-state index contributed by atoms with van der Waals surface area (Å²) in [5.74, 6) is 0.438. The quantitative estimate of drug-likeness (QED) is 0.340. The molecule has 0 saturated carbocycles. The number of aromatic nitrogens is 1. The van der Waals surface area contributed by atoms with E-state index in [-0.39, 0.29) is 5.91 Å². The highest BCUT2D eigenvalue weighted by molar-refractivity contribution is 7.87.